The normalized spacial score (nSPS) is 30.4. The SMILES string of the molecule is O=C1CC[C@H]2CCC=CCN12. The molecule has 0 aliphatic carbocycles. The van der Waals surface area contributed by atoms with Crippen molar-refractivity contribution in [3.05, 3.63) is 12.2 Å². The van der Waals surface area contributed by atoms with E-state index in [4.69, 9.17) is 0 Å². The Morgan fingerprint density at radius 2 is 2.27 bits per heavy atom. The molecule has 1 atom stereocenters. The first-order chi connectivity index (χ1) is 5.38. The summed E-state index contributed by atoms with van der Waals surface area (Å²) in [7, 11) is 0. The third-order valence-electron chi connectivity index (χ3n) is 2.59. The highest BCUT2D eigenvalue weighted by Gasteiger charge is 2.29. The van der Waals surface area contributed by atoms with Gasteiger partial charge in [0.2, 0.25) is 5.91 Å². The van der Waals surface area contributed by atoms with E-state index in [2.05, 4.69) is 12.2 Å². The molecule has 60 valence electrons. The lowest BCUT2D eigenvalue weighted by Crippen LogP contribution is -2.31. The van der Waals surface area contributed by atoms with Crippen molar-refractivity contribution in [2.45, 2.75) is 31.7 Å². The second-order valence-electron chi connectivity index (χ2n) is 3.29. The summed E-state index contributed by atoms with van der Waals surface area (Å²) in [6.45, 7) is 0.851. The van der Waals surface area contributed by atoms with Gasteiger partial charge in [-0.3, -0.25) is 4.79 Å². The number of hydrogen-bond acceptors (Lipinski definition) is 1. The summed E-state index contributed by atoms with van der Waals surface area (Å²) in [6.07, 6.45) is 8.48. The summed E-state index contributed by atoms with van der Waals surface area (Å²) >= 11 is 0. The van der Waals surface area contributed by atoms with Gasteiger partial charge in [0.25, 0.3) is 0 Å². The molecule has 0 aromatic heterocycles. The molecular weight excluding hydrogens is 138 g/mol. The number of amides is 1. The second kappa shape index (κ2) is 2.68. The van der Waals surface area contributed by atoms with Crippen molar-refractivity contribution >= 4 is 5.91 Å². The van der Waals surface area contributed by atoms with E-state index in [-0.39, 0.29) is 0 Å². The molecule has 2 heterocycles. The van der Waals surface area contributed by atoms with E-state index >= 15 is 0 Å². The van der Waals surface area contributed by atoms with E-state index in [1.807, 2.05) is 4.90 Å². The molecule has 11 heavy (non-hydrogen) atoms. The molecule has 0 spiro atoms. The largest absolute Gasteiger partial charge is 0.336 e. The van der Waals surface area contributed by atoms with Crippen molar-refractivity contribution in [3.8, 4) is 0 Å². The average molecular weight is 151 g/mol. The third kappa shape index (κ3) is 1.17. The zero-order valence-corrected chi connectivity index (χ0v) is 6.62. The molecule has 0 aromatic rings. The summed E-state index contributed by atoms with van der Waals surface area (Å²) in [4.78, 5) is 13.3. The number of carbonyl (C=O) groups is 1. The molecule has 1 amide bonds. The number of hydrogen-bond donors (Lipinski definition) is 0. The minimum Gasteiger partial charge on any atom is -0.336 e. The molecular formula is C9H13NO. The van der Waals surface area contributed by atoms with Crippen molar-refractivity contribution in [2.24, 2.45) is 0 Å². The Morgan fingerprint density at radius 3 is 3.18 bits per heavy atom. The lowest BCUT2D eigenvalue weighted by atomic mass is 10.1. The Bertz CT molecular complexity index is 198. The summed E-state index contributed by atoms with van der Waals surface area (Å²) in [5.74, 6) is 0.349. The van der Waals surface area contributed by atoms with Gasteiger partial charge in [0, 0.05) is 19.0 Å². The van der Waals surface area contributed by atoms with Crippen molar-refractivity contribution < 1.29 is 4.79 Å². The number of rotatable bonds is 0. The Balaban J connectivity index is 2.12. The summed E-state index contributed by atoms with van der Waals surface area (Å²) in [6, 6.07) is 0.553. The lowest BCUT2D eigenvalue weighted by Gasteiger charge is -2.20. The molecule has 2 heteroatoms. The maximum absolute atomic E-state index is 11.3. The van der Waals surface area contributed by atoms with Gasteiger partial charge in [-0.15, -0.1) is 0 Å². The fourth-order valence-corrected chi connectivity index (χ4v) is 1.94. The second-order valence-corrected chi connectivity index (χ2v) is 3.29. The molecule has 0 saturated carbocycles. The van der Waals surface area contributed by atoms with Crippen molar-refractivity contribution in [3.63, 3.8) is 0 Å². The molecule has 0 aromatic carbocycles. The molecule has 2 rings (SSSR count). The number of fused-ring (bicyclic) bond motifs is 1. The van der Waals surface area contributed by atoms with Crippen LogP contribution >= 0.6 is 0 Å². The zero-order valence-electron chi connectivity index (χ0n) is 6.62. The van der Waals surface area contributed by atoms with Crippen LogP contribution in [0.4, 0.5) is 0 Å². The Morgan fingerprint density at radius 1 is 1.36 bits per heavy atom. The topological polar surface area (TPSA) is 20.3 Å². The Labute approximate surface area is 66.9 Å². The van der Waals surface area contributed by atoms with Gasteiger partial charge in [-0.1, -0.05) is 12.2 Å². The van der Waals surface area contributed by atoms with Crippen LogP contribution in [0.5, 0.6) is 0 Å². The van der Waals surface area contributed by atoms with Gasteiger partial charge in [0.1, 0.15) is 0 Å². The summed E-state index contributed by atoms with van der Waals surface area (Å²) in [5, 5.41) is 0. The van der Waals surface area contributed by atoms with Crippen LogP contribution in [0.25, 0.3) is 0 Å². The minimum atomic E-state index is 0.349. The van der Waals surface area contributed by atoms with Gasteiger partial charge in [-0.2, -0.15) is 0 Å². The summed E-state index contributed by atoms with van der Waals surface area (Å²) < 4.78 is 0. The maximum atomic E-state index is 11.3. The number of allylic oxidation sites excluding steroid dienone is 1. The van der Waals surface area contributed by atoms with E-state index < -0.39 is 0 Å². The predicted molar refractivity (Wildman–Crippen MR) is 43.1 cm³/mol. The first-order valence-corrected chi connectivity index (χ1v) is 4.32. The van der Waals surface area contributed by atoms with E-state index in [1.165, 1.54) is 6.42 Å². The van der Waals surface area contributed by atoms with Gasteiger partial charge in [-0.05, 0) is 19.3 Å². The van der Waals surface area contributed by atoms with E-state index in [0.717, 1.165) is 25.8 Å². The summed E-state index contributed by atoms with van der Waals surface area (Å²) in [5.41, 5.74) is 0. The first-order valence-electron chi connectivity index (χ1n) is 4.32. The molecule has 0 radical (unpaired) electrons. The van der Waals surface area contributed by atoms with E-state index in [0.29, 0.717) is 11.9 Å². The van der Waals surface area contributed by atoms with Crippen molar-refractivity contribution in [1.29, 1.82) is 0 Å². The smallest absolute Gasteiger partial charge is 0.223 e. The molecule has 2 aliphatic heterocycles. The first kappa shape index (κ1) is 6.89. The van der Waals surface area contributed by atoms with Gasteiger partial charge < -0.3 is 4.90 Å². The lowest BCUT2D eigenvalue weighted by molar-refractivity contribution is -0.128. The fraction of sp³-hybridized carbons (Fsp3) is 0.667. The van der Waals surface area contributed by atoms with E-state index in [1.54, 1.807) is 0 Å². The molecule has 2 nitrogen and oxygen atoms in total. The van der Waals surface area contributed by atoms with Gasteiger partial charge in [0.15, 0.2) is 0 Å². The van der Waals surface area contributed by atoms with Gasteiger partial charge >= 0.3 is 0 Å². The van der Waals surface area contributed by atoms with Crippen molar-refractivity contribution in [2.75, 3.05) is 6.54 Å². The third-order valence-corrected chi connectivity index (χ3v) is 2.59. The van der Waals surface area contributed by atoms with Gasteiger partial charge in [-0.25, -0.2) is 0 Å². The van der Waals surface area contributed by atoms with Crippen LogP contribution in [0, 0.1) is 0 Å². The standard InChI is InChI=1S/C9H13NO/c11-9-6-5-8-4-2-1-3-7-10(8)9/h1,3,8H,2,4-7H2/t8-/m1/s1. The quantitative estimate of drug-likeness (QED) is 0.478. The number of carbonyl (C=O) groups excluding carboxylic acids is 1. The molecule has 0 bridgehead atoms. The van der Waals surface area contributed by atoms with Crippen LogP contribution in [0.2, 0.25) is 0 Å². The molecule has 0 N–H and O–H groups in total. The molecule has 0 unspecified atom stereocenters. The van der Waals surface area contributed by atoms with Crippen LogP contribution in [-0.2, 0) is 4.79 Å². The van der Waals surface area contributed by atoms with Crippen LogP contribution in [0.15, 0.2) is 12.2 Å². The minimum absolute atomic E-state index is 0.349. The zero-order chi connectivity index (χ0) is 7.68. The highest BCUT2D eigenvalue weighted by molar-refractivity contribution is 5.78. The predicted octanol–water partition coefficient (Wildman–Crippen LogP) is 1.33. The Hall–Kier alpha value is -0.790. The van der Waals surface area contributed by atoms with Gasteiger partial charge in [0.05, 0.1) is 0 Å². The highest BCUT2D eigenvalue weighted by atomic mass is 16.2. The molecule has 1 fully saturated rings. The van der Waals surface area contributed by atoms with Crippen LogP contribution in [0.3, 0.4) is 0 Å². The monoisotopic (exact) mass is 151 g/mol. The van der Waals surface area contributed by atoms with Crippen molar-refractivity contribution in [1.82, 2.24) is 4.90 Å². The average Bonchev–Trinajstić information content (AvgIpc) is 2.25. The van der Waals surface area contributed by atoms with Crippen LogP contribution in [0.1, 0.15) is 25.7 Å². The molecule has 2 aliphatic rings. The Kier molecular flexibility index (Phi) is 1.68. The number of nitrogens with zero attached hydrogens (tertiary/aromatic N) is 1. The van der Waals surface area contributed by atoms with Crippen LogP contribution < -0.4 is 0 Å². The maximum Gasteiger partial charge on any atom is 0.223 e. The fourth-order valence-electron chi connectivity index (χ4n) is 1.94. The molecule has 1 saturated heterocycles. The van der Waals surface area contributed by atoms with E-state index in [9.17, 15) is 4.79 Å². The van der Waals surface area contributed by atoms with Crippen LogP contribution in [-0.4, -0.2) is 23.4 Å². The highest BCUT2D eigenvalue weighted by Crippen LogP contribution is 2.24.